The summed E-state index contributed by atoms with van der Waals surface area (Å²) in [6, 6.07) is 2.72. The molecule has 1 unspecified atom stereocenters. The fraction of sp³-hybridized carbons (Fsp3) is 0.500. The number of aromatic nitrogens is 2. The van der Waals surface area contributed by atoms with Gasteiger partial charge in [0, 0.05) is 18.3 Å². The summed E-state index contributed by atoms with van der Waals surface area (Å²) in [6.07, 6.45) is 3.58. The van der Waals surface area contributed by atoms with Gasteiger partial charge >= 0.3 is 0 Å². The van der Waals surface area contributed by atoms with Crippen LogP contribution in [-0.2, 0) is 4.79 Å². The van der Waals surface area contributed by atoms with Crippen LogP contribution in [0.5, 0.6) is 0 Å². The first-order chi connectivity index (χ1) is 7.18. The molecule has 1 saturated carbocycles. The molecule has 5 heteroatoms. The maximum absolute atomic E-state index is 11.6. The molecular formula is C10H13N3O2. The fourth-order valence-corrected chi connectivity index (χ4v) is 1.32. The lowest BCUT2D eigenvalue weighted by Crippen LogP contribution is -2.37. The molecule has 2 rings (SSSR count). The zero-order chi connectivity index (χ0) is 10.8. The number of amides is 1. The first-order valence-electron chi connectivity index (χ1n) is 5.02. The third-order valence-electron chi connectivity index (χ3n) is 2.41. The van der Waals surface area contributed by atoms with Gasteiger partial charge in [-0.25, -0.2) is 4.68 Å². The van der Waals surface area contributed by atoms with E-state index in [0.717, 1.165) is 12.8 Å². The van der Waals surface area contributed by atoms with Gasteiger partial charge in [0.1, 0.15) is 6.04 Å². The Morgan fingerprint density at radius 3 is 3.00 bits per heavy atom. The molecule has 1 heterocycles. The van der Waals surface area contributed by atoms with Gasteiger partial charge in [-0.05, 0) is 25.8 Å². The Balaban J connectivity index is 2.12. The van der Waals surface area contributed by atoms with Gasteiger partial charge in [-0.3, -0.25) is 9.59 Å². The summed E-state index contributed by atoms with van der Waals surface area (Å²) in [5.74, 6) is -0.140. The molecule has 1 aromatic heterocycles. The molecule has 0 bridgehead atoms. The Kier molecular flexibility index (Phi) is 2.53. The Morgan fingerprint density at radius 1 is 1.67 bits per heavy atom. The standard InChI is InChI=1S/C10H13N3O2/c1-7(10(15)12-8-4-5-8)13-9(14)3-2-6-11-13/h2-3,6-8H,4-5H2,1H3,(H,12,15). The van der Waals surface area contributed by atoms with Crippen LogP contribution < -0.4 is 10.9 Å². The van der Waals surface area contributed by atoms with Gasteiger partial charge < -0.3 is 5.32 Å². The topological polar surface area (TPSA) is 64.0 Å². The molecule has 15 heavy (non-hydrogen) atoms. The van der Waals surface area contributed by atoms with Crippen LogP contribution >= 0.6 is 0 Å². The third kappa shape index (κ3) is 2.23. The summed E-state index contributed by atoms with van der Waals surface area (Å²) in [5.41, 5.74) is -0.254. The van der Waals surface area contributed by atoms with Crippen molar-refractivity contribution in [2.45, 2.75) is 31.8 Å². The molecule has 1 atom stereocenters. The zero-order valence-electron chi connectivity index (χ0n) is 8.51. The lowest BCUT2D eigenvalue weighted by molar-refractivity contribution is -0.124. The van der Waals surface area contributed by atoms with Crippen LogP contribution in [0.2, 0.25) is 0 Å². The summed E-state index contributed by atoms with van der Waals surface area (Å²) in [4.78, 5) is 23.0. The molecule has 0 spiro atoms. The average molecular weight is 207 g/mol. The molecule has 1 N–H and O–H groups in total. The smallest absolute Gasteiger partial charge is 0.267 e. The number of rotatable bonds is 3. The lowest BCUT2D eigenvalue weighted by Gasteiger charge is -2.12. The van der Waals surface area contributed by atoms with Crippen molar-refractivity contribution in [1.29, 1.82) is 0 Å². The number of hydrogen-bond donors (Lipinski definition) is 1. The van der Waals surface area contributed by atoms with Crippen molar-refractivity contribution >= 4 is 5.91 Å². The van der Waals surface area contributed by atoms with Crippen molar-refractivity contribution in [3.63, 3.8) is 0 Å². The summed E-state index contributed by atoms with van der Waals surface area (Å²) < 4.78 is 1.19. The molecule has 1 aliphatic carbocycles. The van der Waals surface area contributed by atoms with Crippen molar-refractivity contribution in [3.8, 4) is 0 Å². The molecule has 1 amide bonds. The van der Waals surface area contributed by atoms with Gasteiger partial charge in [0.2, 0.25) is 5.91 Å². The van der Waals surface area contributed by atoms with Crippen LogP contribution in [-0.4, -0.2) is 21.7 Å². The van der Waals surface area contributed by atoms with Crippen molar-refractivity contribution in [3.05, 3.63) is 28.7 Å². The summed E-state index contributed by atoms with van der Waals surface area (Å²) in [7, 11) is 0. The SMILES string of the molecule is CC(C(=O)NC1CC1)n1ncccc1=O. The van der Waals surface area contributed by atoms with E-state index in [1.807, 2.05) is 0 Å². The van der Waals surface area contributed by atoms with Crippen LogP contribution in [0.1, 0.15) is 25.8 Å². The van der Waals surface area contributed by atoms with Crippen LogP contribution in [0.15, 0.2) is 23.1 Å². The van der Waals surface area contributed by atoms with E-state index < -0.39 is 6.04 Å². The number of carbonyl (C=O) groups is 1. The Labute approximate surface area is 87.1 Å². The van der Waals surface area contributed by atoms with Crippen LogP contribution in [0.3, 0.4) is 0 Å². The molecule has 1 aliphatic rings. The maximum Gasteiger partial charge on any atom is 0.267 e. The molecule has 0 radical (unpaired) electrons. The molecule has 1 aromatic rings. The van der Waals surface area contributed by atoms with Crippen molar-refractivity contribution < 1.29 is 4.79 Å². The van der Waals surface area contributed by atoms with Crippen molar-refractivity contribution in [2.75, 3.05) is 0 Å². The minimum Gasteiger partial charge on any atom is -0.352 e. The van der Waals surface area contributed by atoms with E-state index in [9.17, 15) is 9.59 Å². The van der Waals surface area contributed by atoms with E-state index in [-0.39, 0.29) is 11.5 Å². The second-order valence-corrected chi connectivity index (χ2v) is 3.77. The van der Waals surface area contributed by atoms with E-state index in [4.69, 9.17) is 0 Å². The van der Waals surface area contributed by atoms with Crippen LogP contribution in [0.4, 0.5) is 0 Å². The Morgan fingerprint density at radius 2 is 2.40 bits per heavy atom. The van der Waals surface area contributed by atoms with Gasteiger partial charge in [-0.2, -0.15) is 5.10 Å². The zero-order valence-corrected chi connectivity index (χ0v) is 8.51. The summed E-state index contributed by atoms with van der Waals surface area (Å²) in [6.45, 7) is 1.67. The van der Waals surface area contributed by atoms with Gasteiger partial charge in [-0.15, -0.1) is 0 Å². The second kappa shape index (κ2) is 3.84. The highest BCUT2D eigenvalue weighted by Gasteiger charge is 2.26. The summed E-state index contributed by atoms with van der Waals surface area (Å²) >= 11 is 0. The van der Waals surface area contributed by atoms with Gasteiger partial charge in [0.05, 0.1) is 0 Å². The van der Waals surface area contributed by atoms with E-state index in [1.54, 1.807) is 13.0 Å². The normalized spacial score (nSPS) is 17.1. The fourth-order valence-electron chi connectivity index (χ4n) is 1.32. The number of hydrogen-bond acceptors (Lipinski definition) is 3. The number of nitrogens with zero attached hydrogens (tertiary/aromatic N) is 2. The predicted octanol–water partition coefficient (Wildman–Crippen LogP) is 0.0829. The van der Waals surface area contributed by atoms with Gasteiger partial charge in [-0.1, -0.05) is 0 Å². The van der Waals surface area contributed by atoms with E-state index in [0.29, 0.717) is 6.04 Å². The quantitative estimate of drug-likeness (QED) is 0.763. The van der Waals surface area contributed by atoms with E-state index in [2.05, 4.69) is 10.4 Å². The molecular weight excluding hydrogens is 194 g/mol. The van der Waals surface area contributed by atoms with Gasteiger partial charge in [0.25, 0.3) is 5.56 Å². The van der Waals surface area contributed by atoms with Gasteiger partial charge in [0.15, 0.2) is 0 Å². The monoisotopic (exact) mass is 207 g/mol. The molecule has 5 nitrogen and oxygen atoms in total. The summed E-state index contributed by atoms with van der Waals surface area (Å²) in [5, 5.41) is 6.71. The lowest BCUT2D eigenvalue weighted by atomic mass is 10.3. The van der Waals surface area contributed by atoms with Crippen molar-refractivity contribution in [2.24, 2.45) is 0 Å². The predicted molar refractivity (Wildman–Crippen MR) is 54.4 cm³/mol. The molecule has 0 aliphatic heterocycles. The highest BCUT2D eigenvalue weighted by atomic mass is 16.2. The van der Waals surface area contributed by atoms with Crippen molar-refractivity contribution in [1.82, 2.24) is 15.1 Å². The minimum absolute atomic E-state index is 0.140. The number of nitrogens with one attached hydrogen (secondary N) is 1. The first-order valence-corrected chi connectivity index (χ1v) is 5.02. The van der Waals surface area contributed by atoms with Crippen LogP contribution in [0.25, 0.3) is 0 Å². The highest BCUT2D eigenvalue weighted by Crippen LogP contribution is 2.19. The maximum atomic E-state index is 11.6. The Bertz CT molecular complexity index is 423. The first kappa shape index (κ1) is 9.89. The number of carbonyl (C=O) groups excluding carboxylic acids is 1. The van der Waals surface area contributed by atoms with E-state index >= 15 is 0 Å². The largest absolute Gasteiger partial charge is 0.352 e. The second-order valence-electron chi connectivity index (χ2n) is 3.77. The van der Waals surface area contributed by atoms with E-state index in [1.165, 1.54) is 16.9 Å². The Hall–Kier alpha value is -1.65. The molecule has 1 fully saturated rings. The highest BCUT2D eigenvalue weighted by molar-refractivity contribution is 5.80. The molecule has 0 aromatic carbocycles. The minimum atomic E-state index is -0.542. The molecule has 0 saturated heterocycles. The molecule has 80 valence electrons. The average Bonchev–Trinajstić information content (AvgIpc) is 3.01. The van der Waals surface area contributed by atoms with Crippen LogP contribution in [0, 0.1) is 0 Å². The third-order valence-corrected chi connectivity index (χ3v) is 2.41.